The highest BCUT2D eigenvalue weighted by molar-refractivity contribution is 9.10. The molecule has 0 spiro atoms. The highest BCUT2D eigenvalue weighted by Gasteiger charge is 2.73. The van der Waals surface area contributed by atoms with Gasteiger partial charge in [0.05, 0.1) is 5.25 Å². The van der Waals surface area contributed by atoms with Gasteiger partial charge in [-0.3, -0.25) is 4.79 Å². The minimum Gasteiger partial charge on any atom is -0.480 e. The molecular formula is C11H12BrNO4S. The Bertz CT molecular complexity index is 598. The molecule has 1 aromatic rings. The molecule has 0 amide bonds. The number of carbonyl (C=O) groups is 1. The summed E-state index contributed by atoms with van der Waals surface area (Å²) in [7, 11) is -3.51. The topological polar surface area (TPSA) is 97.5 Å². The van der Waals surface area contributed by atoms with Gasteiger partial charge < -0.3 is 10.8 Å². The molecular weight excluding hydrogens is 322 g/mol. The Hall–Kier alpha value is -0.920. The first-order chi connectivity index (χ1) is 8.19. The minimum atomic E-state index is -3.51. The fraction of sp³-hybridized carbons (Fsp3) is 0.364. The summed E-state index contributed by atoms with van der Waals surface area (Å²) < 4.78 is 24.1. The molecule has 0 unspecified atom stereocenters. The number of carboxylic acid groups (broad SMARTS) is 1. The quantitative estimate of drug-likeness (QED) is 0.850. The van der Waals surface area contributed by atoms with Crippen molar-refractivity contribution < 1.29 is 18.3 Å². The third-order valence-electron chi connectivity index (χ3n) is 3.24. The lowest BCUT2D eigenvalue weighted by atomic mass is 10.1. The third kappa shape index (κ3) is 1.96. The number of nitrogens with two attached hydrogens (primary N) is 1. The molecule has 0 aliphatic heterocycles. The zero-order chi connectivity index (χ0) is 13.7. The predicted molar refractivity (Wildman–Crippen MR) is 70.1 cm³/mol. The van der Waals surface area contributed by atoms with Crippen LogP contribution in [0.5, 0.6) is 0 Å². The number of benzene rings is 1. The second-order valence-electron chi connectivity index (χ2n) is 4.52. The Morgan fingerprint density at radius 1 is 1.39 bits per heavy atom. The number of sulfone groups is 1. The van der Waals surface area contributed by atoms with Gasteiger partial charge in [0.15, 0.2) is 9.84 Å². The zero-order valence-corrected chi connectivity index (χ0v) is 11.9. The monoisotopic (exact) mass is 333 g/mol. The van der Waals surface area contributed by atoms with Gasteiger partial charge in [0, 0.05) is 16.6 Å². The summed E-state index contributed by atoms with van der Waals surface area (Å²) in [4.78, 5) is 11.2. The van der Waals surface area contributed by atoms with Crippen LogP contribution >= 0.6 is 15.9 Å². The van der Waals surface area contributed by atoms with Crippen molar-refractivity contribution in [3.05, 3.63) is 34.3 Å². The maximum atomic E-state index is 11.6. The van der Waals surface area contributed by atoms with Crippen LogP contribution in [0.2, 0.25) is 0 Å². The van der Waals surface area contributed by atoms with Gasteiger partial charge in [0.2, 0.25) is 0 Å². The third-order valence-corrected chi connectivity index (χ3v) is 5.35. The van der Waals surface area contributed by atoms with Crippen molar-refractivity contribution in [1.82, 2.24) is 0 Å². The van der Waals surface area contributed by atoms with Crippen molar-refractivity contribution in [2.45, 2.75) is 16.7 Å². The summed E-state index contributed by atoms with van der Waals surface area (Å²) in [6.45, 7) is 0. The molecule has 98 valence electrons. The van der Waals surface area contributed by atoms with E-state index in [-0.39, 0.29) is 0 Å². The Labute approximate surface area is 113 Å². The molecule has 0 radical (unpaired) electrons. The van der Waals surface area contributed by atoms with Crippen LogP contribution in [0.3, 0.4) is 0 Å². The van der Waals surface area contributed by atoms with Crippen molar-refractivity contribution in [3.8, 4) is 0 Å². The summed E-state index contributed by atoms with van der Waals surface area (Å²) in [5.74, 6) is -1.98. The Morgan fingerprint density at radius 2 is 1.89 bits per heavy atom. The summed E-state index contributed by atoms with van der Waals surface area (Å²) in [6, 6.07) is 6.83. The predicted octanol–water partition coefficient (Wildman–Crippen LogP) is 0.742. The van der Waals surface area contributed by atoms with E-state index in [2.05, 4.69) is 15.9 Å². The van der Waals surface area contributed by atoms with Crippen LogP contribution in [-0.4, -0.2) is 36.5 Å². The van der Waals surface area contributed by atoms with Crippen molar-refractivity contribution in [3.63, 3.8) is 0 Å². The highest BCUT2D eigenvalue weighted by atomic mass is 79.9. The van der Waals surface area contributed by atoms with Crippen LogP contribution in [0.15, 0.2) is 28.7 Å². The van der Waals surface area contributed by atoms with E-state index in [9.17, 15) is 13.2 Å². The summed E-state index contributed by atoms with van der Waals surface area (Å²) in [5.41, 5.74) is 4.65. The van der Waals surface area contributed by atoms with Crippen LogP contribution in [0.4, 0.5) is 0 Å². The van der Waals surface area contributed by atoms with E-state index in [0.717, 1.165) is 10.7 Å². The van der Waals surface area contributed by atoms with Gasteiger partial charge in [-0.2, -0.15) is 0 Å². The molecule has 0 aromatic heterocycles. The fourth-order valence-corrected chi connectivity index (χ4v) is 4.37. The van der Waals surface area contributed by atoms with E-state index < -0.39 is 32.5 Å². The molecule has 18 heavy (non-hydrogen) atoms. The maximum Gasteiger partial charge on any atom is 0.325 e. The molecule has 2 rings (SSSR count). The number of hydrogen-bond acceptors (Lipinski definition) is 4. The summed E-state index contributed by atoms with van der Waals surface area (Å²) in [6.07, 6.45) is 1.01. The summed E-state index contributed by atoms with van der Waals surface area (Å²) in [5, 5.41) is 8.07. The van der Waals surface area contributed by atoms with Crippen LogP contribution in [0.1, 0.15) is 11.5 Å². The van der Waals surface area contributed by atoms with Gasteiger partial charge in [-0.25, -0.2) is 8.42 Å². The van der Waals surface area contributed by atoms with Crippen LogP contribution in [0, 0.1) is 0 Å². The zero-order valence-electron chi connectivity index (χ0n) is 9.50. The second kappa shape index (κ2) is 4.04. The SMILES string of the molecule is CS(=O)(=O)[C@H]1[C@H](c2ccc(Br)cc2)[C@@]1(N)C(=O)O. The largest absolute Gasteiger partial charge is 0.480 e. The maximum absolute atomic E-state index is 11.6. The molecule has 1 aromatic carbocycles. The molecule has 1 aliphatic rings. The van der Waals surface area contributed by atoms with Crippen molar-refractivity contribution in [2.75, 3.05) is 6.26 Å². The number of hydrogen-bond donors (Lipinski definition) is 2. The van der Waals surface area contributed by atoms with Crippen molar-refractivity contribution in [1.29, 1.82) is 0 Å². The highest BCUT2D eigenvalue weighted by Crippen LogP contribution is 2.54. The van der Waals surface area contributed by atoms with E-state index >= 15 is 0 Å². The number of carboxylic acids is 1. The van der Waals surface area contributed by atoms with Crippen molar-refractivity contribution in [2.24, 2.45) is 5.73 Å². The molecule has 5 nitrogen and oxygen atoms in total. The number of rotatable bonds is 3. The summed E-state index contributed by atoms with van der Waals surface area (Å²) >= 11 is 3.26. The molecule has 7 heteroatoms. The molecule has 3 N–H and O–H groups in total. The van der Waals surface area contributed by atoms with Crippen molar-refractivity contribution >= 4 is 31.7 Å². The average molecular weight is 334 g/mol. The first-order valence-electron chi connectivity index (χ1n) is 5.15. The van der Waals surface area contributed by atoms with E-state index in [1.165, 1.54) is 0 Å². The van der Waals surface area contributed by atoms with Gasteiger partial charge in [-0.15, -0.1) is 0 Å². The lowest BCUT2D eigenvalue weighted by Crippen LogP contribution is -2.39. The first kappa shape index (κ1) is 13.5. The molecule has 0 heterocycles. The lowest BCUT2D eigenvalue weighted by Gasteiger charge is -2.04. The normalized spacial score (nSPS) is 31.1. The number of halogens is 1. The molecule has 1 fully saturated rings. The molecule has 1 saturated carbocycles. The van der Waals surface area contributed by atoms with E-state index in [0.29, 0.717) is 5.56 Å². The molecule has 1 aliphatic carbocycles. The second-order valence-corrected chi connectivity index (χ2v) is 7.60. The van der Waals surface area contributed by atoms with E-state index in [1.54, 1.807) is 24.3 Å². The number of aliphatic carboxylic acids is 1. The Morgan fingerprint density at radius 3 is 2.22 bits per heavy atom. The Kier molecular flexibility index (Phi) is 3.03. The van der Waals surface area contributed by atoms with Crippen LogP contribution in [-0.2, 0) is 14.6 Å². The standard InChI is InChI=1S/C11H12BrNO4S/c1-18(16,17)9-8(11(9,13)10(14)15)6-2-4-7(12)5-3-6/h2-5,8-9H,13H2,1H3,(H,14,15)/t8-,9-,11-/m0/s1. The van der Waals surface area contributed by atoms with Gasteiger partial charge >= 0.3 is 5.97 Å². The van der Waals surface area contributed by atoms with Gasteiger partial charge in [-0.05, 0) is 17.7 Å². The average Bonchev–Trinajstić information content (AvgIpc) is 2.87. The van der Waals surface area contributed by atoms with Gasteiger partial charge in [-0.1, -0.05) is 28.1 Å². The molecule has 3 atom stereocenters. The van der Waals surface area contributed by atoms with Gasteiger partial charge in [0.1, 0.15) is 5.54 Å². The van der Waals surface area contributed by atoms with E-state index in [1.807, 2.05) is 0 Å². The molecule has 0 bridgehead atoms. The molecule has 0 saturated heterocycles. The van der Waals surface area contributed by atoms with E-state index in [4.69, 9.17) is 10.8 Å². The lowest BCUT2D eigenvalue weighted by molar-refractivity contribution is -0.139. The Balaban J connectivity index is 2.45. The van der Waals surface area contributed by atoms with Crippen LogP contribution in [0.25, 0.3) is 0 Å². The van der Waals surface area contributed by atoms with Crippen LogP contribution < -0.4 is 5.73 Å². The smallest absolute Gasteiger partial charge is 0.325 e. The minimum absolute atomic E-state index is 0.624. The van der Waals surface area contributed by atoms with Gasteiger partial charge in [0.25, 0.3) is 0 Å². The first-order valence-corrected chi connectivity index (χ1v) is 7.90. The fourth-order valence-electron chi connectivity index (χ4n) is 2.35.